The number of nitrogens with zero attached hydrogens (tertiary/aromatic N) is 2. The van der Waals surface area contributed by atoms with Gasteiger partial charge >= 0.3 is 0 Å². The summed E-state index contributed by atoms with van der Waals surface area (Å²) in [5.41, 5.74) is 0.0641. The Morgan fingerprint density at radius 2 is 2.16 bits per heavy atom. The third-order valence-corrected chi connectivity index (χ3v) is 3.61. The van der Waals surface area contributed by atoms with Crippen molar-refractivity contribution in [3.8, 4) is 0 Å². The largest absolute Gasteiger partial charge is 0.370 e. The van der Waals surface area contributed by atoms with E-state index in [1.807, 2.05) is 6.92 Å². The topological polar surface area (TPSA) is 80.1 Å². The van der Waals surface area contributed by atoms with Crippen LogP contribution in [0.1, 0.15) is 33.1 Å². The average Bonchev–Trinajstić information content (AvgIpc) is 2.26. The quantitative estimate of drug-likeness (QED) is 0.609. The van der Waals surface area contributed by atoms with E-state index in [9.17, 15) is 10.1 Å². The number of anilines is 2. The van der Waals surface area contributed by atoms with Crippen LogP contribution in [-0.2, 0) is 0 Å². The van der Waals surface area contributed by atoms with Crippen molar-refractivity contribution in [2.75, 3.05) is 17.2 Å². The third-order valence-electron chi connectivity index (χ3n) is 3.61. The normalized spacial score (nSPS) is 16.5. The Morgan fingerprint density at radius 1 is 1.47 bits per heavy atom. The molecule has 6 nitrogen and oxygen atoms in total. The molecule has 1 aliphatic carbocycles. The first-order chi connectivity index (χ1) is 9.10. The van der Waals surface area contributed by atoms with Crippen LogP contribution < -0.4 is 10.6 Å². The second-order valence-electron chi connectivity index (χ2n) is 5.01. The molecule has 1 aromatic heterocycles. The molecular formula is C13H20N4O2. The van der Waals surface area contributed by atoms with Crippen LogP contribution >= 0.6 is 0 Å². The number of rotatable bonds is 6. The summed E-state index contributed by atoms with van der Waals surface area (Å²) in [5.74, 6) is 1.77. The maximum atomic E-state index is 10.9. The van der Waals surface area contributed by atoms with Crippen molar-refractivity contribution in [1.82, 2.24) is 4.98 Å². The second kappa shape index (κ2) is 5.86. The molecule has 0 aliphatic heterocycles. The van der Waals surface area contributed by atoms with Crippen molar-refractivity contribution in [1.29, 1.82) is 0 Å². The molecule has 6 heteroatoms. The first kappa shape index (κ1) is 13.6. The smallest absolute Gasteiger partial charge is 0.276 e. The molecule has 0 spiro atoms. The summed E-state index contributed by atoms with van der Waals surface area (Å²) < 4.78 is 0. The number of hydrogen-bond acceptors (Lipinski definition) is 5. The summed E-state index contributed by atoms with van der Waals surface area (Å²) in [6.07, 6.45) is 3.73. The highest BCUT2D eigenvalue weighted by Crippen LogP contribution is 2.31. The van der Waals surface area contributed by atoms with Crippen LogP contribution in [0.25, 0.3) is 0 Å². The predicted molar refractivity (Wildman–Crippen MR) is 75.5 cm³/mol. The molecule has 1 unspecified atom stereocenters. The van der Waals surface area contributed by atoms with Crippen molar-refractivity contribution in [2.24, 2.45) is 5.92 Å². The molecule has 0 radical (unpaired) electrons. The molecule has 1 aromatic rings. The minimum atomic E-state index is -0.387. The molecule has 19 heavy (non-hydrogen) atoms. The molecule has 1 saturated carbocycles. The van der Waals surface area contributed by atoms with Crippen molar-refractivity contribution >= 4 is 17.3 Å². The van der Waals surface area contributed by atoms with Gasteiger partial charge in [0.1, 0.15) is 11.6 Å². The third kappa shape index (κ3) is 3.33. The van der Waals surface area contributed by atoms with Crippen LogP contribution in [0.2, 0.25) is 0 Å². The van der Waals surface area contributed by atoms with E-state index in [0.717, 1.165) is 0 Å². The van der Waals surface area contributed by atoms with E-state index in [1.54, 1.807) is 0 Å². The van der Waals surface area contributed by atoms with Gasteiger partial charge in [0, 0.05) is 12.6 Å². The lowest BCUT2D eigenvalue weighted by atomic mass is 9.80. The van der Waals surface area contributed by atoms with Gasteiger partial charge < -0.3 is 10.6 Å². The van der Waals surface area contributed by atoms with Gasteiger partial charge in [-0.25, -0.2) is 4.98 Å². The summed E-state index contributed by atoms with van der Waals surface area (Å²) in [7, 11) is 0. The molecule has 1 atom stereocenters. The highest BCUT2D eigenvalue weighted by atomic mass is 16.6. The van der Waals surface area contributed by atoms with Gasteiger partial charge in [-0.2, -0.15) is 0 Å². The summed E-state index contributed by atoms with van der Waals surface area (Å²) in [4.78, 5) is 14.9. The van der Waals surface area contributed by atoms with Crippen molar-refractivity contribution in [2.45, 2.75) is 39.2 Å². The zero-order chi connectivity index (χ0) is 13.8. The van der Waals surface area contributed by atoms with E-state index in [-0.39, 0.29) is 10.6 Å². The molecule has 2 N–H and O–H groups in total. The van der Waals surface area contributed by atoms with Crippen LogP contribution in [0.15, 0.2) is 12.1 Å². The summed E-state index contributed by atoms with van der Waals surface area (Å²) in [5, 5.41) is 17.2. The predicted octanol–water partition coefficient (Wildman–Crippen LogP) is 3.02. The maximum Gasteiger partial charge on any atom is 0.276 e. The fraction of sp³-hybridized carbons (Fsp3) is 0.615. The maximum absolute atomic E-state index is 10.9. The van der Waals surface area contributed by atoms with Gasteiger partial charge in [-0.15, -0.1) is 0 Å². The Labute approximate surface area is 112 Å². The number of pyridine rings is 1. The molecule has 1 aliphatic rings. The molecule has 1 fully saturated rings. The lowest BCUT2D eigenvalue weighted by Gasteiger charge is -2.32. The summed E-state index contributed by atoms with van der Waals surface area (Å²) in [6.45, 7) is 4.73. The Hall–Kier alpha value is -1.85. The van der Waals surface area contributed by atoms with Gasteiger partial charge in [-0.1, -0.05) is 6.42 Å². The zero-order valence-corrected chi connectivity index (χ0v) is 11.3. The van der Waals surface area contributed by atoms with E-state index in [4.69, 9.17) is 0 Å². The molecule has 2 rings (SSSR count). The Morgan fingerprint density at radius 3 is 2.68 bits per heavy atom. The van der Waals surface area contributed by atoms with Gasteiger partial charge in [-0.05, 0) is 32.6 Å². The van der Waals surface area contributed by atoms with E-state index in [2.05, 4.69) is 22.5 Å². The lowest BCUT2D eigenvalue weighted by Crippen LogP contribution is -2.31. The van der Waals surface area contributed by atoms with Gasteiger partial charge in [0.05, 0.1) is 17.1 Å². The highest BCUT2D eigenvalue weighted by Gasteiger charge is 2.24. The number of nitro groups is 1. The van der Waals surface area contributed by atoms with Gasteiger partial charge in [-0.3, -0.25) is 10.1 Å². The minimum Gasteiger partial charge on any atom is -0.370 e. The summed E-state index contributed by atoms with van der Waals surface area (Å²) in [6, 6.07) is 3.26. The van der Waals surface area contributed by atoms with E-state index in [0.29, 0.717) is 30.1 Å². The van der Waals surface area contributed by atoms with Crippen LogP contribution in [0, 0.1) is 16.0 Å². The summed E-state index contributed by atoms with van der Waals surface area (Å²) >= 11 is 0. The van der Waals surface area contributed by atoms with Gasteiger partial charge in [0.15, 0.2) is 0 Å². The Balaban J connectivity index is 2.15. The van der Waals surface area contributed by atoms with E-state index in [1.165, 1.54) is 31.4 Å². The average molecular weight is 264 g/mol. The van der Waals surface area contributed by atoms with Crippen LogP contribution in [-0.4, -0.2) is 22.5 Å². The van der Waals surface area contributed by atoms with Crippen molar-refractivity contribution in [3.05, 3.63) is 22.2 Å². The Kier molecular flexibility index (Phi) is 4.19. The van der Waals surface area contributed by atoms with Crippen molar-refractivity contribution < 1.29 is 4.92 Å². The SMILES string of the molecule is CCNc1cc([N+](=O)[O-])cc(NC(C)C2CCC2)n1. The van der Waals surface area contributed by atoms with E-state index >= 15 is 0 Å². The zero-order valence-electron chi connectivity index (χ0n) is 11.3. The van der Waals surface area contributed by atoms with Crippen molar-refractivity contribution in [3.63, 3.8) is 0 Å². The molecule has 0 bridgehead atoms. The van der Waals surface area contributed by atoms with Gasteiger partial charge in [0.2, 0.25) is 0 Å². The number of hydrogen-bond donors (Lipinski definition) is 2. The number of nitrogens with one attached hydrogen (secondary N) is 2. The molecule has 0 saturated heterocycles. The standard InChI is InChI=1S/C13H20N4O2/c1-3-14-12-7-11(17(18)19)8-13(16-12)15-9(2)10-5-4-6-10/h7-10H,3-6H2,1-2H3,(H2,14,15,16). The minimum absolute atomic E-state index is 0.0641. The van der Waals surface area contributed by atoms with Gasteiger partial charge in [0.25, 0.3) is 5.69 Å². The molecule has 0 amide bonds. The van der Waals surface area contributed by atoms with Crippen LogP contribution in [0.4, 0.5) is 17.3 Å². The first-order valence-corrected chi connectivity index (χ1v) is 6.77. The van der Waals surface area contributed by atoms with Crippen LogP contribution in [0.3, 0.4) is 0 Å². The molecular weight excluding hydrogens is 244 g/mol. The second-order valence-corrected chi connectivity index (χ2v) is 5.01. The van der Waals surface area contributed by atoms with E-state index < -0.39 is 0 Å². The fourth-order valence-electron chi connectivity index (χ4n) is 2.26. The first-order valence-electron chi connectivity index (χ1n) is 6.77. The lowest BCUT2D eigenvalue weighted by molar-refractivity contribution is -0.384. The Bertz CT molecular complexity index is 460. The molecule has 104 valence electrons. The number of aromatic nitrogens is 1. The van der Waals surface area contributed by atoms with Crippen LogP contribution in [0.5, 0.6) is 0 Å². The highest BCUT2D eigenvalue weighted by molar-refractivity contribution is 5.55. The molecule has 1 heterocycles. The monoisotopic (exact) mass is 264 g/mol. The fourth-order valence-corrected chi connectivity index (χ4v) is 2.26. The molecule has 0 aromatic carbocycles.